The molecule has 4 heteroatoms. The van der Waals surface area contributed by atoms with Crippen molar-refractivity contribution in [3.8, 4) is 0 Å². The minimum absolute atomic E-state index is 0.262. The molecule has 76 valence electrons. The van der Waals surface area contributed by atoms with E-state index in [1.807, 2.05) is 0 Å². The third kappa shape index (κ3) is 3.60. The van der Waals surface area contributed by atoms with Crippen molar-refractivity contribution < 1.29 is 18.2 Å². The Morgan fingerprint density at radius 2 is 1.57 bits per heavy atom. The molecule has 1 rings (SSSR count). The third-order valence-electron chi connectivity index (χ3n) is 1.73. The fourth-order valence-electron chi connectivity index (χ4n) is 1.12. The fraction of sp³-hybridized carbons (Fsp3) is 0.300. The van der Waals surface area contributed by atoms with Gasteiger partial charge in [0, 0.05) is 5.56 Å². The lowest BCUT2D eigenvalue weighted by Gasteiger charge is -2.06. The highest BCUT2D eigenvalue weighted by Gasteiger charge is 2.27. The lowest BCUT2D eigenvalue weighted by atomic mass is 10.1. The first-order valence-corrected chi connectivity index (χ1v) is 4.09. The summed E-state index contributed by atoms with van der Waals surface area (Å²) in [4.78, 5) is 2.43. The lowest BCUT2D eigenvalue weighted by Crippen LogP contribution is -2.63. The summed E-state index contributed by atoms with van der Waals surface area (Å²) in [6, 6.07) is 6.17. The van der Waals surface area contributed by atoms with E-state index in [4.69, 9.17) is 6.72 Å². The highest BCUT2D eigenvalue weighted by atomic mass is 19.4. The summed E-state index contributed by atoms with van der Waals surface area (Å²) in [6.07, 6.45) is -5.03. The maximum atomic E-state index is 12.0. The van der Waals surface area contributed by atoms with Crippen molar-refractivity contribution in [1.29, 1.82) is 0 Å². The van der Waals surface area contributed by atoms with E-state index in [9.17, 15) is 13.2 Å². The second-order valence-electron chi connectivity index (χ2n) is 2.99. The molecule has 0 aliphatic heterocycles. The number of alkyl halides is 3. The summed E-state index contributed by atoms with van der Waals surface area (Å²) in [6.45, 7) is 5.52. The molecule has 0 aromatic heterocycles. The first kappa shape index (κ1) is 10.8. The van der Waals surface area contributed by atoms with Gasteiger partial charge in [0.15, 0.2) is 0 Å². The Bertz CT molecular complexity index is 300. The van der Waals surface area contributed by atoms with Crippen LogP contribution in [-0.2, 0) is 13.0 Å². The van der Waals surface area contributed by atoms with Gasteiger partial charge in [0.1, 0.15) is 6.54 Å². The Balaban J connectivity index is 2.68. The van der Waals surface area contributed by atoms with Crippen LogP contribution >= 0.6 is 0 Å². The van der Waals surface area contributed by atoms with Gasteiger partial charge in [-0.1, -0.05) is 24.3 Å². The molecule has 0 saturated heterocycles. The minimum Gasteiger partial charge on any atom is -0.425 e. The quantitative estimate of drug-likeness (QED) is 0.553. The van der Waals surface area contributed by atoms with Crippen molar-refractivity contribution in [2.24, 2.45) is 0 Å². The number of hydrogen-bond acceptors (Lipinski definition) is 0. The number of nitrogens with one attached hydrogen (secondary N) is 1. The number of hydrogen-bond donors (Lipinski definition) is 1. The molecule has 1 aromatic rings. The molecule has 0 aliphatic carbocycles. The summed E-state index contributed by atoms with van der Waals surface area (Å²) in [7, 11) is 0. The fourth-order valence-corrected chi connectivity index (χ4v) is 1.12. The SMILES string of the molecule is [CH-]=[NH+]Cc1ccc(CC(F)(F)F)cc1. The van der Waals surface area contributed by atoms with Crippen LogP contribution in [0, 0.1) is 0 Å². The molecule has 0 radical (unpaired) electrons. The van der Waals surface area contributed by atoms with E-state index in [0.717, 1.165) is 5.56 Å². The lowest BCUT2D eigenvalue weighted by molar-refractivity contribution is -0.465. The van der Waals surface area contributed by atoms with Crippen LogP contribution in [0.25, 0.3) is 0 Å². The van der Waals surface area contributed by atoms with Gasteiger partial charge < -0.3 is 4.99 Å². The minimum atomic E-state index is -4.15. The molecule has 0 saturated carbocycles. The molecule has 0 unspecified atom stereocenters. The van der Waals surface area contributed by atoms with Gasteiger partial charge in [-0.05, 0) is 5.56 Å². The van der Waals surface area contributed by atoms with Crippen LogP contribution in [0.15, 0.2) is 24.3 Å². The Morgan fingerprint density at radius 3 is 2.00 bits per heavy atom. The first-order valence-electron chi connectivity index (χ1n) is 4.09. The largest absolute Gasteiger partial charge is 0.425 e. The van der Waals surface area contributed by atoms with Crippen molar-refractivity contribution in [2.45, 2.75) is 19.1 Å². The average Bonchev–Trinajstić information content (AvgIpc) is 2.06. The maximum Gasteiger partial charge on any atom is 0.393 e. The van der Waals surface area contributed by atoms with Crippen LogP contribution in [-0.4, -0.2) is 12.9 Å². The molecule has 0 amide bonds. The second-order valence-corrected chi connectivity index (χ2v) is 2.99. The Morgan fingerprint density at radius 1 is 1.07 bits per heavy atom. The van der Waals surface area contributed by atoms with Crippen molar-refractivity contribution >= 4 is 6.72 Å². The zero-order valence-electron chi connectivity index (χ0n) is 7.43. The molecule has 1 nitrogen and oxygen atoms in total. The molecule has 0 spiro atoms. The molecule has 1 N–H and O–H groups in total. The smallest absolute Gasteiger partial charge is 0.393 e. The molecule has 0 heterocycles. The summed E-state index contributed by atoms with van der Waals surface area (Å²) in [5, 5.41) is 0. The zero-order chi connectivity index (χ0) is 10.6. The van der Waals surface area contributed by atoms with Gasteiger partial charge in [0.2, 0.25) is 0 Å². The summed E-state index contributed by atoms with van der Waals surface area (Å²) >= 11 is 0. The molecule has 14 heavy (non-hydrogen) atoms. The van der Waals surface area contributed by atoms with E-state index in [1.165, 1.54) is 12.1 Å². The Kier molecular flexibility index (Phi) is 3.28. The van der Waals surface area contributed by atoms with Crippen LogP contribution < -0.4 is 4.99 Å². The number of halogens is 3. The van der Waals surface area contributed by atoms with E-state index in [2.05, 4.69) is 4.99 Å². The van der Waals surface area contributed by atoms with Crippen molar-refractivity contribution in [2.75, 3.05) is 0 Å². The molecule has 0 atom stereocenters. The normalized spacial score (nSPS) is 11.4. The van der Waals surface area contributed by atoms with Crippen molar-refractivity contribution in [3.05, 3.63) is 35.4 Å². The van der Waals surface area contributed by atoms with E-state index in [1.54, 1.807) is 12.1 Å². The van der Waals surface area contributed by atoms with Crippen LogP contribution in [0.5, 0.6) is 0 Å². The highest BCUT2D eigenvalue weighted by molar-refractivity contribution is 5.23. The summed E-state index contributed by atoms with van der Waals surface area (Å²) in [5.41, 5.74) is 1.12. The van der Waals surface area contributed by atoms with Gasteiger partial charge in [-0.25, -0.2) is 6.72 Å². The monoisotopic (exact) mass is 201 g/mol. The molecular formula is C10H10F3N. The Hall–Kier alpha value is -1.32. The van der Waals surface area contributed by atoms with E-state index >= 15 is 0 Å². The summed E-state index contributed by atoms with van der Waals surface area (Å²) in [5.74, 6) is 0. The van der Waals surface area contributed by atoms with E-state index < -0.39 is 12.6 Å². The van der Waals surface area contributed by atoms with Crippen molar-refractivity contribution in [1.82, 2.24) is 0 Å². The molecule has 0 fully saturated rings. The van der Waals surface area contributed by atoms with Crippen LogP contribution in [0.1, 0.15) is 11.1 Å². The van der Waals surface area contributed by atoms with Gasteiger partial charge in [0.05, 0.1) is 6.42 Å². The van der Waals surface area contributed by atoms with Crippen molar-refractivity contribution in [3.63, 3.8) is 0 Å². The predicted molar refractivity (Wildman–Crippen MR) is 46.9 cm³/mol. The standard InChI is InChI=1S/C10H10F3N/c1-14-7-9-4-2-8(3-5-9)6-10(11,12)13/h1-5,14H,6-7H2. The average molecular weight is 201 g/mol. The molecule has 1 aromatic carbocycles. The third-order valence-corrected chi connectivity index (χ3v) is 1.73. The number of rotatable bonds is 3. The molecule has 0 aliphatic rings. The van der Waals surface area contributed by atoms with Gasteiger partial charge in [0.25, 0.3) is 0 Å². The number of benzene rings is 1. The van der Waals surface area contributed by atoms with Crippen LogP contribution in [0.3, 0.4) is 0 Å². The van der Waals surface area contributed by atoms with Gasteiger partial charge in [-0.3, -0.25) is 0 Å². The highest BCUT2D eigenvalue weighted by Crippen LogP contribution is 2.21. The first-order chi connectivity index (χ1) is 6.51. The van der Waals surface area contributed by atoms with Gasteiger partial charge in [-0.15, -0.1) is 0 Å². The van der Waals surface area contributed by atoms with Gasteiger partial charge in [-0.2, -0.15) is 13.2 Å². The van der Waals surface area contributed by atoms with Gasteiger partial charge >= 0.3 is 6.18 Å². The molecular weight excluding hydrogens is 191 g/mol. The topological polar surface area (TPSA) is 14.0 Å². The van der Waals surface area contributed by atoms with Crippen LogP contribution in [0.4, 0.5) is 13.2 Å². The van der Waals surface area contributed by atoms with E-state index in [0.29, 0.717) is 6.54 Å². The zero-order valence-corrected chi connectivity index (χ0v) is 7.43. The predicted octanol–water partition coefficient (Wildman–Crippen LogP) is 0.950. The summed E-state index contributed by atoms with van der Waals surface area (Å²) < 4.78 is 35.9. The van der Waals surface area contributed by atoms with E-state index in [-0.39, 0.29) is 5.56 Å². The second kappa shape index (κ2) is 4.26. The maximum absolute atomic E-state index is 12.0. The van der Waals surface area contributed by atoms with Crippen LogP contribution in [0.2, 0.25) is 0 Å². The molecule has 0 bridgehead atoms. The Labute approximate surface area is 80.3 Å².